The van der Waals surface area contributed by atoms with Crippen LogP contribution in [0.15, 0.2) is 25.3 Å². The zero-order valence-electron chi connectivity index (χ0n) is 10.4. The third-order valence-corrected chi connectivity index (χ3v) is 1.99. The summed E-state index contributed by atoms with van der Waals surface area (Å²) in [4.78, 5) is 10.3. The third kappa shape index (κ3) is 19.5. The maximum absolute atomic E-state index is 10.3. The number of hydrogen-bond acceptors (Lipinski definition) is 1. The standard InChI is InChI=1S/C8H16.C6H10O/c1-3-5-7-8-6-4-2;1-3-5-6(7)4-2/h3H,1,4-8H2,2H3;4H,2-3,5H2,1H3. The monoisotopic (exact) mass is 210 g/mol. The van der Waals surface area contributed by atoms with E-state index in [-0.39, 0.29) is 5.78 Å². The fourth-order valence-corrected chi connectivity index (χ4v) is 1.06. The zero-order chi connectivity index (χ0) is 11.9. The molecule has 0 rings (SSSR count). The molecule has 0 radical (unpaired) electrons. The Bertz CT molecular complexity index is 159. The van der Waals surface area contributed by atoms with E-state index in [4.69, 9.17) is 0 Å². The summed E-state index contributed by atoms with van der Waals surface area (Å²) in [6, 6.07) is 0. The van der Waals surface area contributed by atoms with E-state index in [2.05, 4.69) is 20.1 Å². The topological polar surface area (TPSA) is 17.1 Å². The fraction of sp³-hybridized carbons (Fsp3) is 0.643. The molecule has 0 aliphatic rings. The van der Waals surface area contributed by atoms with Gasteiger partial charge in [0.05, 0.1) is 0 Å². The molecule has 0 aliphatic heterocycles. The lowest BCUT2D eigenvalue weighted by Gasteiger charge is -1.91. The number of carbonyl (C=O) groups excluding carboxylic acids is 1. The van der Waals surface area contributed by atoms with Crippen molar-refractivity contribution in [1.29, 1.82) is 0 Å². The van der Waals surface area contributed by atoms with Gasteiger partial charge in [-0.2, -0.15) is 0 Å². The molecular formula is C14H26O. The number of hydrogen-bond donors (Lipinski definition) is 0. The Kier molecular flexibility index (Phi) is 17.3. The molecule has 1 heteroatoms. The minimum atomic E-state index is 0.141. The van der Waals surface area contributed by atoms with Crippen LogP contribution in [0, 0.1) is 0 Å². The highest BCUT2D eigenvalue weighted by molar-refractivity contribution is 5.88. The van der Waals surface area contributed by atoms with Crippen LogP contribution in [-0.2, 0) is 4.79 Å². The summed E-state index contributed by atoms with van der Waals surface area (Å²) >= 11 is 0. The molecule has 0 unspecified atom stereocenters. The van der Waals surface area contributed by atoms with E-state index in [0.29, 0.717) is 6.42 Å². The second-order valence-corrected chi connectivity index (χ2v) is 3.56. The summed E-state index contributed by atoms with van der Waals surface area (Å²) in [6.07, 6.45) is 11.5. The first-order chi connectivity index (χ1) is 7.22. The lowest BCUT2D eigenvalue weighted by Crippen LogP contribution is -1.87. The van der Waals surface area contributed by atoms with Crippen LogP contribution in [0.2, 0.25) is 0 Å². The first-order valence-corrected chi connectivity index (χ1v) is 5.99. The van der Waals surface area contributed by atoms with Crippen molar-refractivity contribution < 1.29 is 4.79 Å². The van der Waals surface area contributed by atoms with Gasteiger partial charge >= 0.3 is 0 Å². The Morgan fingerprint density at radius 3 is 2.07 bits per heavy atom. The van der Waals surface area contributed by atoms with Gasteiger partial charge in [-0.05, 0) is 25.3 Å². The minimum absolute atomic E-state index is 0.141. The van der Waals surface area contributed by atoms with Crippen LogP contribution in [0.25, 0.3) is 0 Å². The number of carbonyl (C=O) groups is 1. The van der Waals surface area contributed by atoms with Gasteiger partial charge in [-0.15, -0.1) is 6.58 Å². The number of allylic oxidation sites excluding steroid dienone is 2. The van der Waals surface area contributed by atoms with Crippen molar-refractivity contribution >= 4 is 5.78 Å². The van der Waals surface area contributed by atoms with Gasteiger partial charge in [-0.1, -0.05) is 45.8 Å². The lowest BCUT2D eigenvalue weighted by molar-refractivity contribution is -0.114. The molecule has 0 atom stereocenters. The van der Waals surface area contributed by atoms with Crippen LogP contribution < -0.4 is 0 Å². The minimum Gasteiger partial charge on any atom is -0.295 e. The Morgan fingerprint density at radius 1 is 1.07 bits per heavy atom. The fourth-order valence-electron chi connectivity index (χ4n) is 1.06. The van der Waals surface area contributed by atoms with E-state index in [9.17, 15) is 4.79 Å². The molecule has 0 fully saturated rings. The Balaban J connectivity index is 0. The molecule has 15 heavy (non-hydrogen) atoms. The van der Waals surface area contributed by atoms with Crippen molar-refractivity contribution in [3.05, 3.63) is 25.3 Å². The average molecular weight is 210 g/mol. The van der Waals surface area contributed by atoms with E-state index >= 15 is 0 Å². The van der Waals surface area contributed by atoms with Crippen LogP contribution in [0.3, 0.4) is 0 Å². The molecule has 1 nitrogen and oxygen atoms in total. The van der Waals surface area contributed by atoms with Gasteiger partial charge in [0.15, 0.2) is 5.78 Å². The van der Waals surface area contributed by atoms with Crippen LogP contribution in [0.4, 0.5) is 0 Å². The Labute approximate surface area is 95.3 Å². The summed E-state index contributed by atoms with van der Waals surface area (Å²) in [5.41, 5.74) is 0. The molecule has 0 aromatic carbocycles. The van der Waals surface area contributed by atoms with Crippen molar-refractivity contribution in [3.63, 3.8) is 0 Å². The molecule has 0 bridgehead atoms. The highest BCUT2D eigenvalue weighted by Crippen LogP contribution is 2.01. The predicted molar refractivity (Wildman–Crippen MR) is 69.1 cm³/mol. The molecule has 0 heterocycles. The third-order valence-electron chi connectivity index (χ3n) is 1.99. The van der Waals surface area contributed by atoms with Crippen molar-refractivity contribution in [2.45, 2.75) is 58.8 Å². The summed E-state index contributed by atoms with van der Waals surface area (Å²) in [5, 5.41) is 0. The molecule has 0 N–H and O–H groups in total. The largest absolute Gasteiger partial charge is 0.295 e. The summed E-state index contributed by atoms with van der Waals surface area (Å²) in [5.74, 6) is 0.141. The van der Waals surface area contributed by atoms with Gasteiger partial charge in [0, 0.05) is 6.42 Å². The summed E-state index contributed by atoms with van der Waals surface area (Å²) in [6.45, 7) is 11.2. The second-order valence-electron chi connectivity index (χ2n) is 3.56. The highest BCUT2D eigenvalue weighted by atomic mass is 16.1. The lowest BCUT2D eigenvalue weighted by atomic mass is 10.2. The quantitative estimate of drug-likeness (QED) is 0.323. The van der Waals surface area contributed by atoms with E-state index in [0.717, 1.165) is 6.42 Å². The van der Waals surface area contributed by atoms with E-state index in [1.54, 1.807) is 0 Å². The molecule has 0 amide bonds. The van der Waals surface area contributed by atoms with Gasteiger partial charge in [0.1, 0.15) is 0 Å². The number of rotatable bonds is 8. The predicted octanol–water partition coefficient (Wildman–Crippen LogP) is 4.68. The zero-order valence-corrected chi connectivity index (χ0v) is 10.4. The van der Waals surface area contributed by atoms with E-state index in [1.807, 2.05) is 13.0 Å². The maximum atomic E-state index is 10.3. The normalized spacial score (nSPS) is 8.67. The van der Waals surface area contributed by atoms with E-state index < -0.39 is 0 Å². The van der Waals surface area contributed by atoms with Gasteiger partial charge in [-0.25, -0.2) is 0 Å². The molecule has 0 aromatic heterocycles. The smallest absolute Gasteiger partial charge is 0.155 e. The van der Waals surface area contributed by atoms with Crippen LogP contribution in [-0.4, -0.2) is 5.78 Å². The Hall–Kier alpha value is -0.850. The van der Waals surface area contributed by atoms with Gasteiger partial charge in [-0.3, -0.25) is 4.79 Å². The van der Waals surface area contributed by atoms with Crippen LogP contribution >= 0.6 is 0 Å². The van der Waals surface area contributed by atoms with E-state index in [1.165, 1.54) is 38.2 Å². The second kappa shape index (κ2) is 15.6. The van der Waals surface area contributed by atoms with Crippen LogP contribution in [0.5, 0.6) is 0 Å². The van der Waals surface area contributed by atoms with Crippen molar-refractivity contribution in [2.24, 2.45) is 0 Å². The molecule has 0 saturated heterocycles. The van der Waals surface area contributed by atoms with Gasteiger partial charge in [0.2, 0.25) is 0 Å². The number of ketones is 1. The van der Waals surface area contributed by atoms with Crippen molar-refractivity contribution in [2.75, 3.05) is 0 Å². The average Bonchev–Trinajstić information content (AvgIpc) is 2.26. The molecule has 0 aromatic rings. The molecule has 0 spiro atoms. The maximum Gasteiger partial charge on any atom is 0.155 e. The van der Waals surface area contributed by atoms with Crippen molar-refractivity contribution in [3.8, 4) is 0 Å². The highest BCUT2D eigenvalue weighted by Gasteiger charge is 1.87. The summed E-state index contributed by atoms with van der Waals surface area (Å²) < 4.78 is 0. The Morgan fingerprint density at radius 2 is 1.73 bits per heavy atom. The van der Waals surface area contributed by atoms with Gasteiger partial charge < -0.3 is 0 Å². The molecule has 0 saturated carbocycles. The molecular weight excluding hydrogens is 184 g/mol. The van der Waals surface area contributed by atoms with Gasteiger partial charge in [0.25, 0.3) is 0 Å². The van der Waals surface area contributed by atoms with Crippen molar-refractivity contribution in [1.82, 2.24) is 0 Å². The first-order valence-electron chi connectivity index (χ1n) is 5.99. The van der Waals surface area contributed by atoms with Crippen LogP contribution in [0.1, 0.15) is 58.8 Å². The molecule has 88 valence electrons. The number of unbranched alkanes of at least 4 members (excludes halogenated alkanes) is 4. The SMILES string of the molecule is C=CC(=O)CCC.C=CCCCCCC. The molecule has 0 aliphatic carbocycles. The first kappa shape index (κ1) is 16.6. The summed E-state index contributed by atoms with van der Waals surface area (Å²) in [7, 11) is 0.